The predicted molar refractivity (Wildman–Crippen MR) is 93.6 cm³/mol. The Morgan fingerprint density at radius 1 is 1.08 bits per heavy atom. The van der Waals surface area contributed by atoms with E-state index >= 15 is 0 Å². The van der Waals surface area contributed by atoms with Crippen LogP contribution in [0.2, 0.25) is 0 Å². The molecule has 0 saturated carbocycles. The molecule has 2 heterocycles. The molecule has 7 heteroatoms. The van der Waals surface area contributed by atoms with Crippen LogP contribution in [0.5, 0.6) is 0 Å². The van der Waals surface area contributed by atoms with Crippen molar-refractivity contribution < 1.29 is 4.79 Å². The first-order valence-electron chi connectivity index (χ1n) is 7.72. The standard InChI is InChI=1S/C18H14N6O/c1-12-16(9-13-5-2-3-8-17(13)20-12)18(25)21-14-6-4-7-15(10-14)24-11-19-22-23-24/h2-11H,1H3,(H,21,25). The number of benzene rings is 2. The minimum Gasteiger partial charge on any atom is -0.322 e. The first-order chi connectivity index (χ1) is 12.2. The van der Waals surface area contributed by atoms with Gasteiger partial charge < -0.3 is 5.32 Å². The van der Waals surface area contributed by atoms with E-state index in [1.165, 1.54) is 11.0 Å². The maximum Gasteiger partial charge on any atom is 0.257 e. The van der Waals surface area contributed by atoms with Crippen molar-refractivity contribution in [3.8, 4) is 5.69 Å². The van der Waals surface area contributed by atoms with E-state index in [9.17, 15) is 4.79 Å². The number of pyridine rings is 1. The fourth-order valence-electron chi connectivity index (χ4n) is 2.65. The van der Waals surface area contributed by atoms with Gasteiger partial charge >= 0.3 is 0 Å². The Morgan fingerprint density at radius 3 is 2.80 bits per heavy atom. The molecule has 25 heavy (non-hydrogen) atoms. The molecule has 2 aromatic carbocycles. The molecule has 0 fully saturated rings. The second-order valence-corrected chi connectivity index (χ2v) is 5.57. The zero-order valence-corrected chi connectivity index (χ0v) is 13.4. The van der Waals surface area contributed by atoms with Crippen molar-refractivity contribution in [3.63, 3.8) is 0 Å². The Morgan fingerprint density at radius 2 is 1.96 bits per heavy atom. The molecule has 0 bridgehead atoms. The van der Waals surface area contributed by atoms with Crippen LogP contribution in [0.3, 0.4) is 0 Å². The number of carbonyl (C=O) groups is 1. The Kier molecular flexibility index (Phi) is 3.66. The number of fused-ring (bicyclic) bond motifs is 1. The Balaban J connectivity index is 1.64. The van der Waals surface area contributed by atoms with Crippen LogP contribution in [-0.2, 0) is 0 Å². The Hall–Kier alpha value is -3.61. The van der Waals surface area contributed by atoms with Crippen molar-refractivity contribution in [1.29, 1.82) is 0 Å². The highest BCUT2D eigenvalue weighted by atomic mass is 16.1. The molecule has 7 nitrogen and oxygen atoms in total. The Bertz CT molecular complexity index is 1060. The molecule has 0 radical (unpaired) electrons. The van der Waals surface area contributed by atoms with Crippen molar-refractivity contribution in [2.24, 2.45) is 0 Å². The van der Waals surface area contributed by atoms with Crippen LogP contribution in [0, 0.1) is 6.92 Å². The molecule has 1 amide bonds. The number of amides is 1. The Labute approximate surface area is 143 Å². The first-order valence-corrected chi connectivity index (χ1v) is 7.72. The summed E-state index contributed by atoms with van der Waals surface area (Å²) in [7, 11) is 0. The average molecular weight is 330 g/mol. The summed E-state index contributed by atoms with van der Waals surface area (Å²) in [6.07, 6.45) is 1.50. The van der Waals surface area contributed by atoms with E-state index in [4.69, 9.17) is 0 Å². The minimum absolute atomic E-state index is 0.204. The smallest absolute Gasteiger partial charge is 0.257 e. The summed E-state index contributed by atoms with van der Waals surface area (Å²) in [6, 6.07) is 16.9. The number of hydrogen-bond donors (Lipinski definition) is 1. The van der Waals surface area contributed by atoms with Crippen LogP contribution < -0.4 is 5.32 Å². The van der Waals surface area contributed by atoms with Gasteiger partial charge in [0.25, 0.3) is 5.91 Å². The number of hydrogen-bond acceptors (Lipinski definition) is 5. The molecule has 4 aromatic rings. The molecule has 0 unspecified atom stereocenters. The topological polar surface area (TPSA) is 85.6 Å². The summed E-state index contributed by atoms with van der Waals surface area (Å²) in [4.78, 5) is 17.2. The van der Waals surface area contributed by atoms with Gasteiger partial charge in [-0.3, -0.25) is 9.78 Å². The van der Waals surface area contributed by atoms with Crippen molar-refractivity contribution in [3.05, 3.63) is 72.2 Å². The average Bonchev–Trinajstić information content (AvgIpc) is 3.16. The van der Waals surface area contributed by atoms with Crippen molar-refractivity contribution >= 4 is 22.5 Å². The molecule has 0 aliphatic rings. The summed E-state index contributed by atoms with van der Waals surface area (Å²) in [5.74, 6) is -0.204. The number of carbonyl (C=O) groups excluding carboxylic acids is 1. The van der Waals surface area contributed by atoms with Gasteiger partial charge in [0.05, 0.1) is 22.5 Å². The number of nitrogens with zero attached hydrogens (tertiary/aromatic N) is 5. The second-order valence-electron chi connectivity index (χ2n) is 5.57. The van der Waals surface area contributed by atoms with Crippen LogP contribution in [0.15, 0.2) is 60.9 Å². The van der Waals surface area contributed by atoms with Crippen LogP contribution >= 0.6 is 0 Å². The van der Waals surface area contributed by atoms with E-state index in [-0.39, 0.29) is 5.91 Å². The lowest BCUT2D eigenvalue weighted by atomic mass is 10.1. The second kappa shape index (κ2) is 6.12. The summed E-state index contributed by atoms with van der Waals surface area (Å²) in [5, 5.41) is 14.9. The van der Waals surface area contributed by atoms with Crippen LogP contribution in [0.4, 0.5) is 5.69 Å². The quantitative estimate of drug-likeness (QED) is 0.624. The fraction of sp³-hybridized carbons (Fsp3) is 0.0556. The third-order valence-corrected chi connectivity index (χ3v) is 3.88. The summed E-state index contributed by atoms with van der Waals surface area (Å²) >= 11 is 0. The van der Waals surface area contributed by atoms with E-state index < -0.39 is 0 Å². The number of tetrazole rings is 1. The van der Waals surface area contributed by atoms with E-state index in [1.54, 1.807) is 6.07 Å². The van der Waals surface area contributed by atoms with Gasteiger partial charge in [-0.1, -0.05) is 24.3 Å². The van der Waals surface area contributed by atoms with Crippen molar-refractivity contribution in [1.82, 2.24) is 25.2 Å². The summed E-state index contributed by atoms with van der Waals surface area (Å²) < 4.78 is 1.53. The molecule has 0 aliphatic heterocycles. The molecule has 1 N–H and O–H groups in total. The van der Waals surface area contributed by atoms with Gasteiger partial charge in [0.15, 0.2) is 0 Å². The van der Waals surface area contributed by atoms with Gasteiger partial charge in [-0.15, -0.1) is 5.10 Å². The summed E-state index contributed by atoms with van der Waals surface area (Å²) in [6.45, 7) is 1.83. The fourth-order valence-corrected chi connectivity index (χ4v) is 2.65. The van der Waals surface area contributed by atoms with Crippen molar-refractivity contribution in [2.75, 3.05) is 5.32 Å². The molecular weight excluding hydrogens is 316 g/mol. The highest BCUT2D eigenvalue weighted by Gasteiger charge is 2.12. The van der Waals surface area contributed by atoms with Gasteiger partial charge in [0, 0.05) is 11.1 Å². The minimum atomic E-state index is -0.204. The maximum absolute atomic E-state index is 12.7. The molecule has 122 valence electrons. The monoisotopic (exact) mass is 330 g/mol. The number of aryl methyl sites for hydroxylation is 1. The van der Waals surface area contributed by atoms with Crippen LogP contribution in [0.25, 0.3) is 16.6 Å². The van der Waals surface area contributed by atoms with E-state index in [1.807, 2.05) is 55.5 Å². The number of nitrogens with one attached hydrogen (secondary N) is 1. The predicted octanol–water partition coefficient (Wildman–Crippen LogP) is 2.77. The molecule has 2 aromatic heterocycles. The number of para-hydroxylation sites is 1. The molecule has 0 atom stereocenters. The lowest BCUT2D eigenvalue weighted by Crippen LogP contribution is -2.14. The molecular formula is C18H14N6O. The normalized spacial score (nSPS) is 10.8. The molecule has 0 aliphatic carbocycles. The molecule has 4 rings (SSSR count). The first kappa shape index (κ1) is 14.9. The van der Waals surface area contributed by atoms with Crippen molar-refractivity contribution in [2.45, 2.75) is 6.92 Å². The third-order valence-electron chi connectivity index (χ3n) is 3.88. The van der Waals surface area contributed by atoms with Crippen LogP contribution in [0.1, 0.15) is 16.1 Å². The van der Waals surface area contributed by atoms with E-state index in [2.05, 4.69) is 25.8 Å². The number of rotatable bonds is 3. The maximum atomic E-state index is 12.7. The van der Waals surface area contributed by atoms with Gasteiger partial charge in [-0.05, 0) is 47.7 Å². The van der Waals surface area contributed by atoms with Gasteiger partial charge in [-0.2, -0.15) is 0 Å². The molecule has 0 saturated heterocycles. The summed E-state index contributed by atoms with van der Waals surface area (Å²) in [5.41, 5.74) is 3.53. The third kappa shape index (κ3) is 2.94. The lowest BCUT2D eigenvalue weighted by molar-refractivity contribution is 0.102. The highest BCUT2D eigenvalue weighted by Crippen LogP contribution is 2.19. The van der Waals surface area contributed by atoms with E-state index in [0.29, 0.717) is 16.9 Å². The van der Waals surface area contributed by atoms with Gasteiger partial charge in [0.2, 0.25) is 0 Å². The lowest BCUT2D eigenvalue weighted by Gasteiger charge is -2.10. The zero-order valence-electron chi connectivity index (χ0n) is 13.4. The van der Waals surface area contributed by atoms with Crippen LogP contribution in [-0.4, -0.2) is 31.1 Å². The molecule has 0 spiro atoms. The largest absolute Gasteiger partial charge is 0.322 e. The SMILES string of the molecule is Cc1nc2ccccc2cc1C(=O)Nc1cccc(-n2cnnn2)c1. The van der Waals surface area contributed by atoms with Gasteiger partial charge in [0.1, 0.15) is 6.33 Å². The number of anilines is 1. The zero-order chi connectivity index (χ0) is 17.2. The number of aromatic nitrogens is 5. The van der Waals surface area contributed by atoms with Gasteiger partial charge in [-0.25, -0.2) is 4.68 Å². The highest BCUT2D eigenvalue weighted by molar-refractivity contribution is 6.06. The van der Waals surface area contributed by atoms with E-state index in [0.717, 1.165) is 16.6 Å².